The normalized spacial score (nSPS) is 18.9. The average Bonchev–Trinajstić information content (AvgIpc) is 2.77. The van der Waals surface area contributed by atoms with Crippen LogP contribution in [0.25, 0.3) is 0 Å². The van der Waals surface area contributed by atoms with Crippen molar-refractivity contribution in [2.24, 2.45) is 0 Å². The number of benzene rings is 2. The second kappa shape index (κ2) is 7.67. The van der Waals surface area contributed by atoms with Crippen LogP contribution in [0, 0.1) is 6.92 Å². The summed E-state index contributed by atoms with van der Waals surface area (Å²) in [7, 11) is 3.05. The standard InChI is InChI=1S/C20H21NO6/c1-11-7-8-14-13(9-11)18(27-16(10-17(22)23)20(24)21-14)12-5-4-6-15(25-2)19(12)26-3/h4-9,16,18H,10H2,1-3H3,(H,21,24)(H,22,23)/t16-,18-/m1/s1. The molecular formula is C20H21NO6. The Morgan fingerprint density at radius 2 is 1.96 bits per heavy atom. The number of carbonyl (C=O) groups is 2. The predicted octanol–water partition coefficient (Wildman–Crippen LogP) is 2.91. The molecule has 0 bridgehead atoms. The number of anilines is 1. The van der Waals surface area contributed by atoms with Crippen LogP contribution in [0.5, 0.6) is 11.5 Å². The zero-order valence-corrected chi connectivity index (χ0v) is 15.3. The van der Waals surface area contributed by atoms with Crippen molar-refractivity contribution < 1.29 is 28.9 Å². The van der Waals surface area contributed by atoms with Crippen molar-refractivity contribution in [2.45, 2.75) is 25.6 Å². The van der Waals surface area contributed by atoms with Crippen LogP contribution in [0.3, 0.4) is 0 Å². The number of hydrogen-bond acceptors (Lipinski definition) is 5. The van der Waals surface area contributed by atoms with Gasteiger partial charge >= 0.3 is 5.97 Å². The molecule has 0 saturated carbocycles. The van der Waals surface area contributed by atoms with Crippen molar-refractivity contribution in [1.82, 2.24) is 0 Å². The zero-order chi connectivity index (χ0) is 19.6. The van der Waals surface area contributed by atoms with E-state index in [1.54, 1.807) is 18.2 Å². The molecular weight excluding hydrogens is 350 g/mol. The molecule has 0 radical (unpaired) electrons. The molecule has 2 aromatic rings. The highest BCUT2D eigenvalue weighted by Gasteiger charge is 2.34. The van der Waals surface area contributed by atoms with Crippen LogP contribution >= 0.6 is 0 Å². The molecule has 0 aliphatic carbocycles. The molecule has 7 nitrogen and oxygen atoms in total. The third-order valence-electron chi connectivity index (χ3n) is 4.42. The third kappa shape index (κ3) is 3.73. The predicted molar refractivity (Wildman–Crippen MR) is 98.3 cm³/mol. The molecule has 0 unspecified atom stereocenters. The first-order valence-electron chi connectivity index (χ1n) is 8.44. The number of para-hydroxylation sites is 1. The number of carbonyl (C=O) groups excluding carboxylic acids is 1. The van der Waals surface area contributed by atoms with Crippen molar-refractivity contribution in [3.8, 4) is 11.5 Å². The van der Waals surface area contributed by atoms with E-state index >= 15 is 0 Å². The molecule has 142 valence electrons. The topological polar surface area (TPSA) is 94.1 Å². The Labute approximate surface area is 156 Å². The van der Waals surface area contributed by atoms with Gasteiger partial charge in [0, 0.05) is 16.8 Å². The monoisotopic (exact) mass is 371 g/mol. The van der Waals surface area contributed by atoms with Crippen molar-refractivity contribution in [3.05, 3.63) is 53.1 Å². The number of amides is 1. The van der Waals surface area contributed by atoms with Gasteiger partial charge in [-0.3, -0.25) is 9.59 Å². The quantitative estimate of drug-likeness (QED) is 0.839. The number of aliphatic carboxylic acids is 1. The van der Waals surface area contributed by atoms with Gasteiger partial charge in [0.05, 0.1) is 20.6 Å². The van der Waals surface area contributed by atoms with Crippen LogP contribution in [-0.4, -0.2) is 37.3 Å². The lowest BCUT2D eigenvalue weighted by molar-refractivity contribution is -0.146. The Morgan fingerprint density at radius 3 is 2.63 bits per heavy atom. The van der Waals surface area contributed by atoms with Gasteiger partial charge in [0.25, 0.3) is 5.91 Å². The highest BCUT2D eigenvalue weighted by Crippen LogP contribution is 2.43. The van der Waals surface area contributed by atoms with Gasteiger partial charge in [-0.25, -0.2) is 0 Å². The number of carboxylic acid groups (broad SMARTS) is 1. The molecule has 3 rings (SSSR count). The third-order valence-corrected chi connectivity index (χ3v) is 4.42. The summed E-state index contributed by atoms with van der Waals surface area (Å²) >= 11 is 0. The fraction of sp³-hybridized carbons (Fsp3) is 0.300. The van der Waals surface area contributed by atoms with Gasteiger partial charge in [0.1, 0.15) is 12.2 Å². The van der Waals surface area contributed by atoms with Crippen molar-refractivity contribution in [3.63, 3.8) is 0 Å². The maximum absolute atomic E-state index is 12.5. The van der Waals surface area contributed by atoms with Crippen LogP contribution in [-0.2, 0) is 14.3 Å². The summed E-state index contributed by atoms with van der Waals surface area (Å²) in [6.45, 7) is 1.93. The molecule has 7 heteroatoms. The molecule has 0 spiro atoms. The molecule has 0 fully saturated rings. The summed E-state index contributed by atoms with van der Waals surface area (Å²) in [4.78, 5) is 23.7. The molecule has 2 atom stereocenters. The van der Waals surface area contributed by atoms with E-state index < -0.39 is 30.5 Å². The van der Waals surface area contributed by atoms with E-state index in [0.717, 1.165) is 11.1 Å². The Kier molecular flexibility index (Phi) is 5.32. The van der Waals surface area contributed by atoms with Crippen molar-refractivity contribution in [1.29, 1.82) is 0 Å². The summed E-state index contributed by atoms with van der Waals surface area (Å²) in [6.07, 6.45) is -2.29. The Hall–Kier alpha value is -3.06. The number of methoxy groups -OCH3 is 2. The smallest absolute Gasteiger partial charge is 0.306 e. The van der Waals surface area contributed by atoms with E-state index in [1.807, 2.05) is 25.1 Å². The Morgan fingerprint density at radius 1 is 1.19 bits per heavy atom. The van der Waals surface area contributed by atoms with Gasteiger partial charge in [-0.15, -0.1) is 0 Å². The number of rotatable bonds is 5. The number of ether oxygens (including phenoxy) is 3. The van der Waals surface area contributed by atoms with E-state index in [-0.39, 0.29) is 0 Å². The largest absolute Gasteiger partial charge is 0.493 e. The molecule has 0 saturated heterocycles. The maximum Gasteiger partial charge on any atom is 0.306 e. The van der Waals surface area contributed by atoms with E-state index in [4.69, 9.17) is 14.2 Å². The molecule has 2 aromatic carbocycles. The van der Waals surface area contributed by atoms with Crippen LogP contribution in [0.1, 0.15) is 29.2 Å². The molecule has 27 heavy (non-hydrogen) atoms. The Bertz CT molecular complexity index is 879. The maximum atomic E-state index is 12.5. The van der Waals surface area contributed by atoms with Gasteiger partial charge in [-0.05, 0) is 19.1 Å². The first kappa shape index (κ1) is 18.7. The van der Waals surface area contributed by atoms with Crippen LogP contribution < -0.4 is 14.8 Å². The first-order chi connectivity index (χ1) is 12.9. The average molecular weight is 371 g/mol. The van der Waals surface area contributed by atoms with E-state index in [2.05, 4.69) is 5.32 Å². The zero-order valence-electron chi connectivity index (χ0n) is 15.3. The van der Waals surface area contributed by atoms with E-state index in [1.165, 1.54) is 14.2 Å². The Balaban J connectivity index is 2.18. The van der Waals surface area contributed by atoms with Gasteiger partial charge in [0.15, 0.2) is 11.5 Å². The molecule has 1 amide bonds. The summed E-state index contributed by atoms with van der Waals surface area (Å²) in [5, 5.41) is 11.9. The molecule has 1 heterocycles. The van der Waals surface area contributed by atoms with E-state index in [9.17, 15) is 14.7 Å². The fourth-order valence-electron chi connectivity index (χ4n) is 3.18. The lowest BCUT2D eigenvalue weighted by atomic mass is 9.97. The molecule has 1 aliphatic rings. The summed E-state index contributed by atoms with van der Waals surface area (Å²) in [5.41, 5.74) is 2.93. The van der Waals surface area contributed by atoms with Crippen LogP contribution in [0.2, 0.25) is 0 Å². The van der Waals surface area contributed by atoms with Crippen LogP contribution in [0.15, 0.2) is 36.4 Å². The number of nitrogens with one attached hydrogen (secondary N) is 1. The van der Waals surface area contributed by atoms with Crippen LogP contribution in [0.4, 0.5) is 5.69 Å². The van der Waals surface area contributed by atoms with Gasteiger partial charge in [0.2, 0.25) is 0 Å². The minimum atomic E-state index is -1.14. The number of hydrogen-bond donors (Lipinski definition) is 2. The molecule has 1 aliphatic heterocycles. The number of carboxylic acids is 1. The van der Waals surface area contributed by atoms with Gasteiger partial charge in [-0.1, -0.05) is 29.8 Å². The summed E-state index contributed by atoms with van der Waals surface area (Å²) < 4.78 is 16.9. The van der Waals surface area contributed by atoms with Gasteiger partial charge in [-0.2, -0.15) is 0 Å². The minimum Gasteiger partial charge on any atom is -0.493 e. The number of fused-ring (bicyclic) bond motifs is 1. The second-order valence-corrected chi connectivity index (χ2v) is 6.27. The van der Waals surface area contributed by atoms with Crippen molar-refractivity contribution in [2.75, 3.05) is 19.5 Å². The summed E-state index contributed by atoms with van der Waals surface area (Å²) in [5.74, 6) is -0.618. The highest BCUT2D eigenvalue weighted by atomic mass is 16.5. The first-order valence-corrected chi connectivity index (χ1v) is 8.44. The summed E-state index contributed by atoms with van der Waals surface area (Å²) in [6, 6.07) is 10.9. The van der Waals surface area contributed by atoms with Gasteiger partial charge < -0.3 is 24.6 Å². The fourth-order valence-corrected chi connectivity index (χ4v) is 3.18. The molecule has 2 N–H and O–H groups in total. The molecule has 0 aromatic heterocycles. The lowest BCUT2D eigenvalue weighted by Gasteiger charge is -2.24. The SMILES string of the molecule is COc1cccc([C@H]2O[C@H](CC(=O)O)C(=O)Nc3ccc(C)cc32)c1OC. The van der Waals surface area contributed by atoms with Crippen molar-refractivity contribution >= 4 is 17.6 Å². The number of aryl methyl sites for hydroxylation is 1. The minimum absolute atomic E-state index is 0.443. The van der Waals surface area contributed by atoms with E-state index in [0.29, 0.717) is 22.7 Å². The lowest BCUT2D eigenvalue weighted by Crippen LogP contribution is -2.31. The second-order valence-electron chi connectivity index (χ2n) is 6.27. The highest BCUT2D eigenvalue weighted by molar-refractivity contribution is 5.97.